The fourth-order valence-electron chi connectivity index (χ4n) is 8.58. The summed E-state index contributed by atoms with van der Waals surface area (Å²) in [6.45, 7) is 4.63. The zero-order valence-electron chi connectivity index (χ0n) is 44.8. The molecule has 0 saturated carbocycles. The number of carbonyl (C=O) groups excluding carboxylic acids is 9. The molecule has 8 atom stereocenters. The Morgan fingerprint density at radius 1 is 0.537 bits per heavy atom. The number of imidazole rings is 1. The molecule has 1 aromatic heterocycles. The van der Waals surface area contributed by atoms with Crippen LogP contribution in [-0.2, 0) is 62.4 Å². The molecular formula is C55H72N14O9S2. The van der Waals surface area contributed by atoms with Crippen molar-refractivity contribution in [3.8, 4) is 0 Å². The molecule has 0 unspecified atom stereocenters. The van der Waals surface area contributed by atoms with E-state index in [-0.39, 0.29) is 56.1 Å². The highest BCUT2D eigenvalue weighted by molar-refractivity contribution is 7.80. The topological polar surface area (TPSA) is 369 Å². The highest BCUT2D eigenvalue weighted by Crippen LogP contribution is 2.19. The number of rotatable bonds is 31. The van der Waals surface area contributed by atoms with Gasteiger partial charge in [0.15, 0.2) is 5.96 Å². The predicted molar refractivity (Wildman–Crippen MR) is 311 cm³/mol. The maximum atomic E-state index is 14.9. The molecule has 0 aliphatic carbocycles. The molecule has 0 spiro atoms. The van der Waals surface area contributed by atoms with Crippen molar-refractivity contribution in [2.45, 2.75) is 120 Å². The fraction of sp³-hybridized carbons (Fsp3) is 0.400. The quantitative estimate of drug-likeness (QED) is 0.0123. The van der Waals surface area contributed by atoms with Crippen molar-refractivity contribution < 1.29 is 43.2 Å². The van der Waals surface area contributed by atoms with Gasteiger partial charge in [-0.25, -0.2) is 4.98 Å². The lowest BCUT2D eigenvalue weighted by Crippen LogP contribution is -2.61. The van der Waals surface area contributed by atoms with E-state index in [9.17, 15) is 43.2 Å². The molecule has 25 heteroatoms. The first kappa shape index (κ1) is 62.7. The maximum absolute atomic E-state index is 14.9. The van der Waals surface area contributed by atoms with Gasteiger partial charge in [0.2, 0.25) is 53.2 Å². The number of thiol groups is 2. The molecule has 9 amide bonds. The molecule has 0 aliphatic heterocycles. The van der Waals surface area contributed by atoms with E-state index < -0.39 is 101 Å². The van der Waals surface area contributed by atoms with E-state index in [0.717, 1.165) is 28.0 Å². The van der Waals surface area contributed by atoms with Crippen molar-refractivity contribution in [3.05, 3.63) is 114 Å². The Labute approximate surface area is 474 Å². The van der Waals surface area contributed by atoms with Crippen molar-refractivity contribution in [1.29, 1.82) is 0 Å². The SMILES string of the molecule is CCCC[C@H](NC(C)=O)C(=O)N[C@@H](CS)C(=O)N[C@H](C)C(=O)N[C@@H](Cc1cnc[nH]1)C(=O)N[C@H](Cc1ccc2ccccc2c1)C(=O)N[C@@H](CCCN=C(N)N)C(=O)N[C@@H](Cc1ccc2ccccc2c1)C(=O)N[C@@H](CS)C(N)=O. The molecule has 15 N–H and O–H groups in total. The number of guanidine groups is 1. The normalized spacial score (nSPS) is 14.1. The van der Waals surface area contributed by atoms with Crippen LogP contribution in [0.1, 0.15) is 69.7 Å². The summed E-state index contributed by atoms with van der Waals surface area (Å²) in [7, 11) is 0. The van der Waals surface area contributed by atoms with Crippen molar-refractivity contribution in [2.75, 3.05) is 18.1 Å². The van der Waals surface area contributed by atoms with Crippen molar-refractivity contribution in [3.63, 3.8) is 0 Å². The second kappa shape index (κ2) is 31.4. The Hall–Kier alpha value is -8.19. The highest BCUT2D eigenvalue weighted by atomic mass is 32.1. The number of H-pyrrole nitrogens is 1. The molecule has 5 rings (SSSR count). The largest absolute Gasteiger partial charge is 0.370 e. The summed E-state index contributed by atoms with van der Waals surface area (Å²) in [4.78, 5) is 134. The van der Waals surface area contributed by atoms with Crippen LogP contribution in [0.25, 0.3) is 21.5 Å². The number of nitrogens with zero attached hydrogens (tertiary/aromatic N) is 2. The molecule has 4 aromatic carbocycles. The molecule has 23 nitrogen and oxygen atoms in total. The van der Waals surface area contributed by atoms with E-state index in [1.165, 1.54) is 26.4 Å². The molecular weight excluding hydrogens is 1060 g/mol. The number of aromatic nitrogens is 2. The fourth-order valence-corrected chi connectivity index (χ4v) is 9.11. The number of fused-ring (bicyclic) bond motifs is 2. The molecule has 0 fully saturated rings. The molecule has 80 heavy (non-hydrogen) atoms. The Morgan fingerprint density at radius 2 is 0.975 bits per heavy atom. The number of unbranched alkanes of at least 4 members (excludes halogenated alkanes) is 1. The monoisotopic (exact) mass is 1140 g/mol. The first-order chi connectivity index (χ1) is 38.3. The standard InChI is InChI=1S/C55H72N14O9S2/c1-4-5-15-40(63-32(3)70)49(73)69-46(29-80)54(78)62-31(2)48(72)65-44(26-39-27-59-30-61-39)53(77)67-42(24-33-17-19-35-11-6-8-13-37(35)22-33)51(75)64-41(16-10-21-60-55(57)58)50(74)66-43(52(76)68-45(28-79)47(56)71)25-34-18-20-36-12-7-9-14-38(36)23-34/h6-9,11-14,17-20,22-23,27,30-31,40-46,79-80H,4-5,10,15-16,21,24-26,28-29H2,1-3H3,(H2,56,71)(H,59,61)(H,62,78)(H,63,70)(H,64,75)(H,65,72)(H,66,74)(H,67,77)(H,68,76)(H,69,73)(H4,57,58,60)/t31-,40+,41+,42-,43+,44+,45+,46+/m1/s1. The van der Waals surface area contributed by atoms with E-state index in [0.29, 0.717) is 29.7 Å². The second-order valence-corrected chi connectivity index (χ2v) is 20.0. The number of carbonyl (C=O) groups is 9. The van der Waals surface area contributed by atoms with Gasteiger partial charge in [-0.15, -0.1) is 0 Å². The molecule has 0 saturated heterocycles. The van der Waals surface area contributed by atoms with Crippen LogP contribution in [0.4, 0.5) is 0 Å². The van der Waals surface area contributed by atoms with Gasteiger partial charge in [0.25, 0.3) is 0 Å². The molecule has 1 heterocycles. The van der Waals surface area contributed by atoms with Gasteiger partial charge in [-0.05, 0) is 58.9 Å². The lowest BCUT2D eigenvalue weighted by molar-refractivity contribution is -0.135. The first-order valence-corrected chi connectivity index (χ1v) is 27.4. The lowest BCUT2D eigenvalue weighted by Gasteiger charge is -2.27. The van der Waals surface area contributed by atoms with Crippen LogP contribution in [-0.4, -0.2) is 135 Å². The Morgan fingerprint density at radius 3 is 1.45 bits per heavy atom. The minimum Gasteiger partial charge on any atom is -0.370 e. The van der Waals surface area contributed by atoms with Crippen LogP contribution < -0.4 is 59.7 Å². The molecule has 0 radical (unpaired) electrons. The Balaban J connectivity index is 1.43. The van der Waals surface area contributed by atoms with Gasteiger partial charge in [0, 0.05) is 56.1 Å². The van der Waals surface area contributed by atoms with E-state index >= 15 is 0 Å². The number of hydrogen-bond acceptors (Lipinski definition) is 13. The van der Waals surface area contributed by atoms with Crippen LogP contribution in [0.2, 0.25) is 0 Å². The Kier molecular flexibility index (Phi) is 24.6. The second-order valence-electron chi connectivity index (χ2n) is 19.3. The zero-order chi connectivity index (χ0) is 58.3. The third-order valence-corrected chi connectivity index (χ3v) is 13.6. The predicted octanol–water partition coefficient (Wildman–Crippen LogP) is 0.251. The van der Waals surface area contributed by atoms with Crippen molar-refractivity contribution >= 4 is 106 Å². The van der Waals surface area contributed by atoms with Gasteiger partial charge in [-0.3, -0.25) is 48.1 Å². The Bertz CT molecular complexity index is 2990. The molecule has 5 aromatic rings. The van der Waals surface area contributed by atoms with Crippen LogP contribution in [0, 0.1) is 0 Å². The summed E-state index contributed by atoms with van der Waals surface area (Å²) in [5, 5.41) is 24.9. The summed E-state index contributed by atoms with van der Waals surface area (Å²) >= 11 is 8.42. The van der Waals surface area contributed by atoms with Gasteiger partial charge >= 0.3 is 0 Å². The average Bonchev–Trinajstić information content (AvgIpc) is 3.97. The van der Waals surface area contributed by atoms with E-state index in [2.05, 4.69) is 82.8 Å². The van der Waals surface area contributed by atoms with Crippen molar-refractivity contribution in [1.82, 2.24) is 52.5 Å². The number of primary amides is 1. The molecule has 428 valence electrons. The number of aliphatic imine (C=N–C) groups is 1. The van der Waals surface area contributed by atoms with E-state index in [1.54, 1.807) is 12.1 Å². The summed E-state index contributed by atoms with van der Waals surface area (Å²) < 4.78 is 0. The number of benzene rings is 4. The zero-order valence-corrected chi connectivity index (χ0v) is 46.6. The number of amides is 9. The lowest BCUT2D eigenvalue weighted by atomic mass is 9.99. The molecule has 0 bridgehead atoms. The van der Waals surface area contributed by atoms with Crippen LogP contribution in [0.5, 0.6) is 0 Å². The smallest absolute Gasteiger partial charge is 0.244 e. The highest BCUT2D eigenvalue weighted by Gasteiger charge is 2.34. The van der Waals surface area contributed by atoms with Crippen LogP contribution in [0.15, 0.2) is 102 Å². The number of nitrogens with two attached hydrogens (primary N) is 3. The minimum absolute atomic E-state index is 0.0483. The summed E-state index contributed by atoms with van der Waals surface area (Å²) in [6.07, 6.45) is 4.29. The van der Waals surface area contributed by atoms with Gasteiger partial charge in [0.05, 0.1) is 6.33 Å². The first-order valence-electron chi connectivity index (χ1n) is 26.2. The average molecular weight is 1140 g/mol. The third-order valence-electron chi connectivity index (χ3n) is 12.9. The number of hydrogen-bond donors (Lipinski definition) is 14. The number of aromatic amines is 1. The van der Waals surface area contributed by atoms with Crippen LogP contribution in [0.3, 0.4) is 0 Å². The number of nitrogens with one attached hydrogen (secondary N) is 9. The molecule has 0 aliphatic rings. The van der Waals surface area contributed by atoms with Gasteiger partial charge < -0.3 is 64.7 Å². The maximum Gasteiger partial charge on any atom is 0.244 e. The summed E-state index contributed by atoms with van der Waals surface area (Å²) in [5.41, 5.74) is 18.5. The minimum atomic E-state index is -1.42. The van der Waals surface area contributed by atoms with Crippen molar-refractivity contribution in [2.24, 2.45) is 22.2 Å². The van der Waals surface area contributed by atoms with Gasteiger partial charge in [-0.2, -0.15) is 25.3 Å². The van der Waals surface area contributed by atoms with Crippen LogP contribution >= 0.6 is 25.3 Å². The summed E-state index contributed by atoms with van der Waals surface area (Å²) in [5.74, 6) is -7.17. The summed E-state index contributed by atoms with van der Waals surface area (Å²) in [6, 6.07) is 16.0. The van der Waals surface area contributed by atoms with E-state index in [1.807, 2.05) is 79.7 Å². The van der Waals surface area contributed by atoms with E-state index in [4.69, 9.17) is 17.2 Å². The van der Waals surface area contributed by atoms with Gasteiger partial charge in [-0.1, -0.05) is 105 Å². The third kappa shape index (κ3) is 19.6. The van der Waals surface area contributed by atoms with Gasteiger partial charge in [0.1, 0.15) is 48.3 Å².